The highest BCUT2D eigenvalue weighted by Crippen LogP contribution is 2.33. The SMILES string of the molecule is O=C(CSc1nnc(-c2ccccc2)n1Cc1ccc2c(c1)OCO2)NNC(=O)c1cccs1. The minimum absolute atomic E-state index is 0.0543. The van der Waals surface area contributed by atoms with Gasteiger partial charge in [-0.2, -0.15) is 0 Å². The van der Waals surface area contributed by atoms with Crippen LogP contribution in [0.25, 0.3) is 11.4 Å². The molecule has 1 aliphatic heterocycles. The van der Waals surface area contributed by atoms with Crippen molar-refractivity contribution in [2.45, 2.75) is 11.7 Å². The first-order valence-corrected chi connectivity index (χ1v) is 12.2. The summed E-state index contributed by atoms with van der Waals surface area (Å²) in [4.78, 5) is 24.9. The Hall–Kier alpha value is -3.83. The van der Waals surface area contributed by atoms with Gasteiger partial charge in [0.15, 0.2) is 22.5 Å². The van der Waals surface area contributed by atoms with E-state index in [4.69, 9.17) is 9.47 Å². The molecule has 0 aliphatic carbocycles. The first-order valence-electron chi connectivity index (χ1n) is 10.3. The number of carbonyl (C=O) groups is 2. The number of rotatable bonds is 7. The van der Waals surface area contributed by atoms with Gasteiger partial charge in [-0.15, -0.1) is 21.5 Å². The van der Waals surface area contributed by atoms with Crippen molar-refractivity contribution in [2.75, 3.05) is 12.5 Å². The quantitative estimate of drug-likeness (QED) is 0.300. The van der Waals surface area contributed by atoms with Crippen LogP contribution < -0.4 is 20.3 Å². The van der Waals surface area contributed by atoms with Gasteiger partial charge in [-0.3, -0.25) is 25.0 Å². The van der Waals surface area contributed by atoms with Gasteiger partial charge in [-0.1, -0.05) is 54.2 Å². The lowest BCUT2D eigenvalue weighted by Gasteiger charge is -2.11. The Morgan fingerprint density at radius 2 is 1.85 bits per heavy atom. The molecule has 11 heteroatoms. The fourth-order valence-corrected chi connectivity index (χ4v) is 4.68. The third-order valence-corrected chi connectivity index (χ3v) is 6.75. The molecule has 0 atom stereocenters. The number of fused-ring (bicyclic) bond motifs is 1. The first kappa shape index (κ1) is 22.0. The molecule has 0 bridgehead atoms. The van der Waals surface area contributed by atoms with Crippen LogP contribution in [0.2, 0.25) is 0 Å². The van der Waals surface area contributed by atoms with Crippen LogP contribution in [0.1, 0.15) is 15.2 Å². The molecular weight excluding hydrogens is 474 g/mol. The monoisotopic (exact) mass is 493 g/mol. The van der Waals surface area contributed by atoms with E-state index in [0.717, 1.165) is 11.1 Å². The zero-order chi connectivity index (χ0) is 23.3. The Morgan fingerprint density at radius 1 is 1.00 bits per heavy atom. The fourth-order valence-electron chi connectivity index (χ4n) is 3.32. The summed E-state index contributed by atoms with van der Waals surface area (Å²) in [5, 5.41) is 11.1. The van der Waals surface area contributed by atoms with E-state index in [1.165, 1.54) is 23.1 Å². The van der Waals surface area contributed by atoms with E-state index in [9.17, 15) is 9.59 Å². The molecule has 3 heterocycles. The van der Waals surface area contributed by atoms with Crippen LogP contribution >= 0.6 is 23.1 Å². The Balaban J connectivity index is 1.31. The van der Waals surface area contributed by atoms with E-state index in [2.05, 4.69) is 21.0 Å². The Bertz CT molecular complexity index is 1310. The molecule has 0 radical (unpaired) electrons. The van der Waals surface area contributed by atoms with Gasteiger partial charge >= 0.3 is 0 Å². The number of thioether (sulfide) groups is 1. The molecular formula is C23H19N5O4S2. The Kier molecular flexibility index (Phi) is 6.45. The molecule has 2 aromatic carbocycles. The first-order chi connectivity index (χ1) is 16.7. The number of thiophene rings is 1. The standard InChI is InChI=1S/C23H19N5O4S2/c29-20(24-26-22(30)19-7-4-10-33-19)13-34-23-27-25-21(16-5-2-1-3-6-16)28(23)12-15-8-9-17-18(11-15)32-14-31-17/h1-11H,12-14H2,(H,24,29)(H,26,30). The van der Waals surface area contributed by atoms with E-state index >= 15 is 0 Å². The lowest BCUT2D eigenvalue weighted by Crippen LogP contribution is -2.42. The van der Waals surface area contributed by atoms with Crippen molar-refractivity contribution < 1.29 is 19.1 Å². The molecule has 5 rings (SSSR count). The highest BCUT2D eigenvalue weighted by Gasteiger charge is 2.19. The molecule has 0 saturated carbocycles. The molecule has 2 N–H and O–H groups in total. The minimum atomic E-state index is -0.356. The molecule has 4 aromatic rings. The van der Waals surface area contributed by atoms with Gasteiger partial charge in [0.25, 0.3) is 5.91 Å². The van der Waals surface area contributed by atoms with E-state index in [-0.39, 0.29) is 24.4 Å². The molecule has 1 aliphatic rings. The van der Waals surface area contributed by atoms with Gasteiger partial charge in [0.2, 0.25) is 12.7 Å². The van der Waals surface area contributed by atoms with Crippen LogP contribution in [0.4, 0.5) is 0 Å². The summed E-state index contributed by atoms with van der Waals surface area (Å²) < 4.78 is 12.9. The Labute approximate surface area is 203 Å². The topological polar surface area (TPSA) is 107 Å². The third-order valence-electron chi connectivity index (χ3n) is 4.92. The maximum atomic E-state index is 12.3. The van der Waals surface area contributed by atoms with Gasteiger partial charge < -0.3 is 9.47 Å². The van der Waals surface area contributed by atoms with Crippen molar-refractivity contribution in [3.63, 3.8) is 0 Å². The van der Waals surface area contributed by atoms with Crippen molar-refractivity contribution in [1.82, 2.24) is 25.6 Å². The number of nitrogens with zero attached hydrogens (tertiary/aromatic N) is 3. The number of hydrogen-bond acceptors (Lipinski definition) is 8. The summed E-state index contributed by atoms with van der Waals surface area (Å²) in [6.07, 6.45) is 0. The van der Waals surface area contributed by atoms with Crippen molar-refractivity contribution in [3.05, 3.63) is 76.5 Å². The largest absolute Gasteiger partial charge is 0.454 e. The van der Waals surface area contributed by atoms with Gasteiger partial charge in [0.05, 0.1) is 17.2 Å². The number of amides is 2. The van der Waals surface area contributed by atoms with E-state index in [0.29, 0.717) is 33.9 Å². The maximum Gasteiger partial charge on any atom is 0.279 e. The third kappa shape index (κ3) is 4.90. The van der Waals surface area contributed by atoms with Crippen molar-refractivity contribution in [1.29, 1.82) is 0 Å². The lowest BCUT2D eigenvalue weighted by atomic mass is 10.2. The zero-order valence-electron chi connectivity index (χ0n) is 17.8. The summed E-state index contributed by atoms with van der Waals surface area (Å²) in [6.45, 7) is 0.687. The van der Waals surface area contributed by atoms with Crippen LogP contribution in [0.5, 0.6) is 11.5 Å². The second kappa shape index (κ2) is 9.98. The molecule has 2 amide bonds. The summed E-state index contributed by atoms with van der Waals surface area (Å²) in [7, 11) is 0. The van der Waals surface area contributed by atoms with E-state index < -0.39 is 0 Å². The van der Waals surface area contributed by atoms with E-state index in [1.807, 2.05) is 53.1 Å². The normalized spacial score (nSPS) is 11.9. The number of benzene rings is 2. The second-order valence-electron chi connectivity index (χ2n) is 7.21. The summed E-state index contributed by atoms with van der Waals surface area (Å²) >= 11 is 2.53. The lowest BCUT2D eigenvalue weighted by molar-refractivity contribution is -0.119. The predicted molar refractivity (Wildman–Crippen MR) is 128 cm³/mol. The van der Waals surface area contributed by atoms with Gasteiger partial charge in [-0.05, 0) is 29.1 Å². The van der Waals surface area contributed by atoms with E-state index in [1.54, 1.807) is 17.5 Å². The molecule has 0 fully saturated rings. The smallest absolute Gasteiger partial charge is 0.279 e. The summed E-state index contributed by atoms with van der Waals surface area (Å²) in [5.41, 5.74) is 6.75. The number of carbonyl (C=O) groups excluding carboxylic acids is 2. The van der Waals surface area contributed by atoms with Crippen molar-refractivity contribution in [2.24, 2.45) is 0 Å². The highest BCUT2D eigenvalue weighted by molar-refractivity contribution is 7.99. The average molecular weight is 494 g/mol. The molecule has 9 nitrogen and oxygen atoms in total. The number of hydrogen-bond donors (Lipinski definition) is 2. The Morgan fingerprint density at radius 3 is 2.68 bits per heavy atom. The van der Waals surface area contributed by atoms with Gasteiger partial charge in [-0.25, -0.2) is 0 Å². The van der Waals surface area contributed by atoms with Crippen LogP contribution in [-0.4, -0.2) is 39.1 Å². The zero-order valence-corrected chi connectivity index (χ0v) is 19.4. The average Bonchev–Trinajstić information content (AvgIpc) is 3.63. The number of aromatic nitrogens is 3. The molecule has 0 spiro atoms. The molecule has 34 heavy (non-hydrogen) atoms. The number of ether oxygens (including phenoxy) is 2. The van der Waals surface area contributed by atoms with Gasteiger partial charge in [0, 0.05) is 5.56 Å². The number of nitrogens with one attached hydrogen (secondary N) is 2. The summed E-state index contributed by atoms with van der Waals surface area (Å²) in [6, 6.07) is 19.0. The highest BCUT2D eigenvalue weighted by atomic mass is 32.2. The van der Waals surface area contributed by atoms with Crippen LogP contribution in [-0.2, 0) is 11.3 Å². The van der Waals surface area contributed by atoms with Crippen molar-refractivity contribution >= 4 is 34.9 Å². The van der Waals surface area contributed by atoms with Crippen LogP contribution in [0, 0.1) is 0 Å². The maximum absolute atomic E-state index is 12.3. The molecule has 172 valence electrons. The summed E-state index contributed by atoms with van der Waals surface area (Å²) in [5.74, 6) is 1.44. The fraction of sp³-hybridized carbons (Fsp3) is 0.130. The molecule has 2 aromatic heterocycles. The molecule has 0 saturated heterocycles. The number of hydrazine groups is 1. The van der Waals surface area contributed by atoms with Gasteiger partial charge in [0.1, 0.15) is 0 Å². The molecule has 0 unspecified atom stereocenters. The van der Waals surface area contributed by atoms with Crippen molar-refractivity contribution in [3.8, 4) is 22.9 Å². The van der Waals surface area contributed by atoms with Crippen LogP contribution in [0.15, 0.2) is 71.2 Å². The minimum Gasteiger partial charge on any atom is -0.454 e. The predicted octanol–water partition coefficient (Wildman–Crippen LogP) is 3.34. The van der Waals surface area contributed by atoms with Crippen LogP contribution in [0.3, 0.4) is 0 Å². The second-order valence-corrected chi connectivity index (χ2v) is 9.10.